The van der Waals surface area contributed by atoms with E-state index in [4.69, 9.17) is 4.74 Å². The molecule has 3 rings (SSSR count). The van der Waals surface area contributed by atoms with Crippen molar-refractivity contribution in [3.05, 3.63) is 89.5 Å². The van der Waals surface area contributed by atoms with Crippen molar-refractivity contribution < 1.29 is 8.95 Å². The first-order valence-corrected chi connectivity index (χ1v) is 9.52. The third-order valence-electron chi connectivity index (χ3n) is 4.02. The number of benzene rings is 3. The van der Waals surface area contributed by atoms with E-state index in [2.05, 4.69) is 4.99 Å². The summed E-state index contributed by atoms with van der Waals surface area (Å²) in [7, 11) is 0.424. The summed E-state index contributed by atoms with van der Waals surface area (Å²) >= 11 is 0. The number of rotatable bonds is 6. The Bertz CT molecular complexity index is 916. The zero-order valence-electron chi connectivity index (χ0n) is 14.9. The summed E-state index contributed by atoms with van der Waals surface area (Å²) in [6.45, 7) is 2.59. The molecule has 132 valence electrons. The Kier molecular flexibility index (Phi) is 5.97. The maximum Gasteiger partial charge on any atom is 0.118 e. The molecule has 3 aromatic rings. The van der Waals surface area contributed by atoms with Gasteiger partial charge in [0.25, 0.3) is 0 Å². The van der Waals surface area contributed by atoms with E-state index in [1.807, 2.05) is 79.7 Å². The van der Waals surface area contributed by atoms with Crippen LogP contribution in [-0.4, -0.2) is 17.5 Å². The first-order chi connectivity index (χ1) is 12.7. The van der Waals surface area contributed by atoms with Gasteiger partial charge in [-0.05, 0) is 42.8 Å². The molecule has 0 bridgehead atoms. The maximum atomic E-state index is 12.9. The second-order valence-electron chi connectivity index (χ2n) is 5.94. The van der Waals surface area contributed by atoms with Crippen LogP contribution in [0.25, 0.3) is 0 Å². The molecule has 0 aliphatic carbocycles. The van der Waals surface area contributed by atoms with Gasteiger partial charge in [-0.2, -0.15) is 0 Å². The zero-order valence-corrected chi connectivity index (χ0v) is 15.7. The molecule has 26 heavy (non-hydrogen) atoms. The van der Waals surface area contributed by atoms with E-state index in [9.17, 15) is 4.21 Å². The number of methoxy groups -OCH3 is 1. The van der Waals surface area contributed by atoms with E-state index in [-0.39, 0.29) is 0 Å². The summed E-state index contributed by atoms with van der Waals surface area (Å²) in [5.41, 5.74) is 3.12. The highest BCUT2D eigenvalue weighted by Crippen LogP contribution is 2.20. The van der Waals surface area contributed by atoms with Crippen LogP contribution < -0.4 is 4.74 Å². The van der Waals surface area contributed by atoms with Crippen LogP contribution in [-0.2, 0) is 17.3 Å². The van der Waals surface area contributed by atoms with Gasteiger partial charge in [0.2, 0.25) is 0 Å². The molecule has 0 saturated carbocycles. The zero-order chi connectivity index (χ0) is 18.4. The predicted octanol–water partition coefficient (Wildman–Crippen LogP) is 4.79. The van der Waals surface area contributed by atoms with Gasteiger partial charge in [0.15, 0.2) is 0 Å². The molecule has 1 unspecified atom stereocenters. The number of ether oxygens (including phenoxy) is 1. The summed E-state index contributed by atoms with van der Waals surface area (Å²) in [4.78, 5) is 6.09. The van der Waals surface area contributed by atoms with Crippen molar-refractivity contribution in [2.24, 2.45) is 4.99 Å². The minimum absolute atomic E-state index is 0.565. The Labute approximate surface area is 156 Å². The van der Waals surface area contributed by atoms with Gasteiger partial charge in [-0.1, -0.05) is 48.0 Å². The first-order valence-electron chi connectivity index (χ1n) is 8.37. The standard InChI is InChI=1S/C22H21NO2S/c1-17-7-13-21(14-8-17)26(24)22-6-4-3-5-19(22)16-23-15-18-9-11-20(25-2)12-10-18/h3-14,16H,15H2,1-2H3. The van der Waals surface area contributed by atoms with Gasteiger partial charge < -0.3 is 4.74 Å². The highest BCUT2D eigenvalue weighted by Gasteiger charge is 2.10. The molecule has 0 aromatic heterocycles. The lowest BCUT2D eigenvalue weighted by atomic mass is 10.2. The maximum absolute atomic E-state index is 12.9. The van der Waals surface area contributed by atoms with Crippen molar-refractivity contribution in [2.45, 2.75) is 23.3 Å². The van der Waals surface area contributed by atoms with Crippen LogP contribution >= 0.6 is 0 Å². The molecule has 0 saturated heterocycles. The van der Waals surface area contributed by atoms with Crippen molar-refractivity contribution in [2.75, 3.05) is 7.11 Å². The topological polar surface area (TPSA) is 38.7 Å². The van der Waals surface area contributed by atoms with Gasteiger partial charge in [-0.25, -0.2) is 4.21 Å². The van der Waals surface area contributed by atoms with Crippen LogP contribution in [0.4, 0.5) is 0 Å². The fourth-order valence-electron chi connectivity index (χ4n) is 2.53. The van der Waals surface area contributed by atoms with E-state index < -0.39 is 10.8 Å². The van der Waals surface area contributed by atoms with E-state index in [0.717, 1.165) is 32.2 Å². The highest BCUT2D eigenvalue weighted by molar-refractivity contribution is 7.85. The average Bonchev–Trinajstić information content (AvgIpc) is 2.69. The van der Waals surface area contributed by atoms with Crippen LogP contribution in [0.5, 0.6) is 5.75 Å². The molecule has 1 atom stereocenters. The Hall–Kier alpha value is -2.72. The number of aliphatic imine (C=N–C) groups is 1. The fourth-order valence-corrected chi connectivity index (χ4v) is 3.70. The summed E-state index contributed by atoms with van der Waals surface area (Å²) in [6, 6.07) is 23.3. The normalized spacial score (nSPS) is 12.2. The van der Waals surface area contributed by atoms with Gasteiger partial charge in [0.05, 0.1) is 29.3 Å². The SMILES string of the molecule is COc1ccc(CN=Cc2ccccc2S(=O)c2ccc(C)cc2)cc1. The highest BCUT2D eigenvalue weighted by atomic mass is 32.2. The van der Waals surface area contributed by atoms with Gasteiger partial charge in [0, 0.05) is 16.7 Å². The van der Waals surface area contributed by atoms with E-state index >= 15 is 0 Å². The molecular formula is C22H21NO2S. The molecule has 4 heteroatoms. The molecule has 0 aliphatic heterocycles. The number of nitrogens with zero attached hydrogens (tertiary/aromatic N) is 1. The lowest BCUT2D eigenvalue weighted by Crippen LogP contribution is -1.98. The molecular weight excluding hydrogens is 342 g/mol. The second kappa shape index (κ2) is 8.59. The van der Waals surface area contributed by atoms with Crippen LogP contribution in [0.2, 0.25) is 0 Å². The Morgan fingerprint density at radius 1 is 0.962 bits per heavy atom. The third kappa shape index (κ3) is 4.46. The summed E-state index contributed by atoms with van der Waals surface area (Å²) < 4.78 is 18.1. The number of aryl methyl sites for hydroxylation is 1. The van der Waals surface area contributed by atoms with Gasteiger partial charge in [0.1, 0.15) is 5.75 Å². The summed E-state index contributed by atoms with van der Waals surface area (Å²) in [6.07, 6.45) is 1.80. The minimum Gasteiger partial charge on any atom is -0.497 e. The molecule has 0 aliphatic rings. The van der Waals surface area contributed by atoms with E-state index in [1.54, 1.807) is 13.3 Å². The molecule has 0 amide bonds. The lowest BCUT2D eigenvalue weighted by Gasteiger charge is -2.06. The molecule has 3 aromatic carbocycles. The fraction of sp³-hybridized carbons (Fsp3) is 0.136. The van der Waals surface area contributed by atoms with Crippen LogP contribution in [0, 0.1) is 6.92 Å². The first kappa shape index (κ1) is 18.1. The van der Waals surface area contributed by atoms with Crippen LogP contribution in [0.1, 0.15) is 16.7 Å². The predicted molar refractivity (Wildman–Crippen MR) is 107 cm³/mol. The summed E-state index contributed by atoms with van der Waals surface area (Å²) in [5.74, 6) is 0.830. The number of hydrogen-bond acceptors (Lipinski definition) is 3. The quantitative estimate of drug-likeness (QED) is 0.591. The molecule has 0 N–H and O–H groups in total. The van der Waals surface area contributed by atoms with Crippen LogP contribution in [0.15, 0.2) is 87.6 Å². The van der Waals surface area contributed by atoms with Crippen molar-refractivity contribution >= 4 is 17.0 Å². The van der Waals surface area contributed by atoms with Crippen molar-refractivity contribution in [3.8, 4) is 5.75 Å². The van der Waals surface area contributed by atoms with Crippen molar-refractivity contribution in [3.63, 3.8) is 0 Å². The molecule has 3 nitrogen and oxygen atoms in total. The molecule has 0 spiro atoms. The molecule has 0 fully saturated rings. The monoisotopic (exact) mass is 363 g/mol. The Balaban J connectivity index is 1.78. The smallest absolute Gasteiger partial charge is 0.118 e. The van der Waals surface area contributed by atoms with Gasteiger partial charge in [-0.15, -0.1) is 0 Å². The van der Waals surface area contributed by atoms with Gasteiger partial charge >= 0.3 is 0 Å². The summed E-state index contributed by atoms with van der Waals surface area (Å²) in [5, 5.41) is 0. The van der Waals surface area contributed by atoms with Crippen LogP contribution in [0.3, 0.4) is 0 Å². The lowest BCUT2D eigenvalue weighted by molar-refractivity contribution is 0.414. The number of hydrogen-bond donors (Lipinski definition) is 0. The van der Waals surface area contributed by atoms with Gasteiger partial charge in [-0.3, -0.25) is 4.99 Å². The molecule has 0 radical (unpaired) electrons. The second-order valence-corrected chi connectivity index (χ2v) is 7.39. The minimum atomic E-state index is -1.23. The third-order valence-corrected chi connectivity index (χ3v) is 5.49. The largest absolute Gasteiger partial charge is 0.497 e. The van der Waals surface area contributed by atoms with E-state index in [1.165, 1.54) is 0 Å². The Morgan fingerprint density at radius 3 is 2.35 bits per heavy atom. The van der Waals surface area contributed by atoms with E-state index in [0.29, 0.717) is 6.54 Å². The van der Waals surface area contributed by atoms with Crippen molar-refractivity contribution in [1.82, 2.24) is 0 Å². The molecule has 0 heterocycles. The average molecular weight is 363 g/mol. The Morgan fingerprint density at radius 2 is 1.65 bits per heavy atom. The van der Waals surface area contributed by atoms with Crippen molar-refractivity contribution in [1.29, 1.82) is 0 Å².